The monoisotopic (exact) mass is 674 g/mol. The fourth-order valence-corrected chi connectivity index (χ4v) is 8.45. The molecular weight excluding hydrogens is 628 g/mol. The predicted molar refractivity (Wildman–Crippen MR) is 183 cm³/mol. The van der Waals surface area contributed by atoms with E-state index in [4.69, 9.17) is 21.3 Å². The van der Waals surface area contributed by atoms with Crippen LogP contribution >= 0.6 is 11.6 Å². The van der Waals surface area contributed by atoms with Gasteiger partial charge in [0.15, 0.2) is 0 Å². The number of amides is 2. The van der Waals surface area contributed by atoms with Crippen molar-refractivity contribution in [2.24, 2.45) is 5.92 Å². The van der Waals surface area contributed by atoms with Gasteiger partial charge in [-0.1, -0.05) is 23.7 Å². The lowest BCUT2D eigenvalue weighted by Gasteiger charge is -2.46. The molecule has 2 aliphatic carbocycles. The molecule has 0 unspecified atom stereocenters. The summed E-state index contributed by atoms with van der Waals surface area (Å²) >= 11 is 6.48. The minimum absolute atomic E-state index is 0.0269. The fraction of sp³-hybridized carbons (Fsp3) is 0.568. The number of halogens is 1. The van der Waals surface area contributed by atoms with Gasteiger partial charge in [-0.3, -0.25) is 19.6 Å². The van der Waals surface area contributed by atoms with Crippen LogP contribution in [0.5, 0.6) is 0 Å². The zero-order valence-electron chi connectivity index (χ0n) is 28.1. The summed E-state index contributed by atoms with van der Waals surface area (Å²) in [7, 11) is 0. The average Bonchev–Trinajstić information content (AvgIpc) is 3.41. The van der Waals surface area contributed by atoms with Gasteiger partial charge in [-0.05, 0) is 106 Å². The van der Waals surface area contributed by atoms with E-state index < -0.39 is 17.7 Å². The predicted octanol–water partition coefficient (Wildman–Crippen LogP) is 5.18. The molecule has 3 aromatic rings. The summed E-state index contributed by atoms with van der Waals surface area (Å²) in [4.78, 5) is 43.8. The minimum atomic E-state index is -0.725. The molecule has 4 aliphatic rings. The highest BCUT2D eigenvalue weighted by atomic mass is 35.5. The number of hydrogen-bond donors (Lipinski definition) is 1. The molecule has 1 N–H and O–H groups in total. The van der Waals surface area contributed by atoms with Gasteiger partial charge in [0, 0.05) is 56.7 Å². The van der Waals surface area contributed by atoms with E-state index in [0.717, 1.165) is 49.2 Å². The number of rotatable bonds is 5. The van der Waals surface area contributed by atoms with Gasteiger partial charge >= 0.3 is 6.09 Å². The molecule has 2 amide bonds. The van der Waals surface area contributed by atoms with Gasteiger partial charge in [0.2, 0.25) is 5.91 Å². The van der Waals surface area contributed by atoms with Crippen molar-refractivity contribution in [3.05, 3.63) is 82.2 Å². The second-order valence-electron chi connectivity index (χ2n) is 14.6. The lowest BCUT2D eigenvalue weighted by atomic mass is 9.85. The van der Waals surface area contributed by atoms with Crippen LogP contribution in [-0.2, 0) is 28.9 Å². The molecule has 11 heteroatoms. The molecule has 4 heterocycles. The van der Waals surface area contributed by atoms with Crippen molar-refractivity contribution < 1.29 is 19.4 Å². The Bertz CT molecular complexity index is 1630. The SMILES string of the molecule is Cc1cn(C[C@@H]2CCCN(C(=O)[C@H]3CN([C@H]4c5ccc(Cl)cc5CCc5cccnc54)CCN3C(=O)OC3CCC(C)(O)CC3)C2)cn1. The number of piperazine rings is 1. The number of hydrogen-bond acceptors (Lipinski definition) is 7. The Labute approximate surface area is 288 Å². The van der Waals surface area contributed by atoms with Crippen LogP contribution in [0.15, 0.2) is 49.1 Å². The third kappa shape index (κ3) is 7.12. The van der Waals surface area contributed by atoms with Gasteiger partial charge < -0.3 is 19.3 Å². The summed E-state index contributed by atoms with van der Waals surface area (Å²) in [5, 5.41) is 11.2. The van der Waals surface area contributed by atoms with E-state index in [1.54, 1.807) is 4.90 Å². The first kappa shape index (κ1) is 33.0. The zero-order chi connectivity index (χ0) is 33.4. The number of benzene rings is 1. The Morgan fingerprint density at radius 3 is 2.65 bits per heavy atom. The maximum absolute atomic E-state index is 14.6. The Morgan fingerprint density at radius 1 is 1.04 bits per heavy atom. The molecule has 0 radical (unpaired) electrons. The molecule has 48 heavy (non-hydrogen) atoms. The number of carbonyl (C=O) groups is 2. The highest BCUT2D eigenvalue weighted by Gasteiger charge is 2.44. The van der Waals surface area contributed by atoms with Gasteiger partial charge in [0.05, 0.1) is 29.4 Å². The number of imidazole rings is 1. The standard InChI is InChI=1S/C37H47ClN6O4/c1-25-20-41(24-40-25)21-26-5-4-16-43(22-26)35(45)32-23-42(17-18-44(32)36(46)48-30-11-13-37(2,47)14-12-30)34-31-10-9-29(38)19-28(31)8-7-27-6-3-15-39-33(27)34/h3,6,9-10,15,19-20,24,26,30,32,34,47H,4-5,7-8,11-14,16-18,21-23H2,1-2H3/t26-,30?,32+,34-,37?/m0/s1. The second kappa shape index (κ2) is 13.8. The molecule has 256 valence electrons. The third-order valence-electron chi connectivity index (χ3n) is 10.9. The largest absolute Gasteiger partial charge is 0.446 e. The Balaban J connectivity index is 1.16. The number of nitrogens with zero attached hydrogens (tertiary/aromatic N) is 6. The summed E-state index contributed by atoms with van der Waals surface area (Å²) in [6.45, 7) is 7.26. The van der Waals surface area contributed by atoms with Crippen molar-refractivity contribution >= 4 is 23.6 Å². The Kier molecular flexibility index (Phi) is 9.50. The van der Waals surface area contributed by atoms with Crippen LogP contribution in [0, 0.1) is 12.8 Å². The van der Waals surface area contributed by atoms with Crippen LogP contribution in [0.25, 0.3) is 0 Å². The maximum Gasteiger partial charge on any atom is 0.410 e. The number of aryl methyl sites for hydroxylation is 3. The van der Waals surface area contributed by atoms with Gasteiger partial charge in [-0.2, -0.15) is 0 Å². The molecule has 2 aliphatic heterocycles. The number of ether oxygens (including phenoxy) is 1. The molecule has 0 bridgehead atoms. The van der Waals surface area contributed by atoms with E-state index in [2.05, 4.69) is 32.7 Å². The molecule has 7 rings (SSSR count). The molecular formula is C37H47ClN6O4. The van der Waals surface area contributed by atoms with Gasteiger partial charge in [-0.25, -0.2) is 9.78 Å². The number of fused-ring (bicyclic) bond motifs is 2. The zero-order valence-corrected chi connectivity index (χ0v) is 28.8. The van der Waals surface area contributed by atoms with Crippen LogP contribution in [0.2, 0.25) is 5.02 Å². The highest BCUT2D eigenvalue weighted by molar-refractivity contribution is 6.30. The van der Waals surface area contributed by atoms with E-state index in [1.165, 1.54) is 11.1 Å². The quantitative estimate of drug-likeness (QED) is 0.398. The fourth-order valence-electron chi connectivity index (χ4n) is 8.26. The van der Waals surface area contributed by atoms with Gasteiger partial charge in [-0.15, -0.1) is 0 Å². The van der Waals surface area contributed by atoms with Crippen LogP contribution in [-0.4, -0.2) is 96.8 Å². The second-order valence-corrected chi connectivity index (χ2v) is 15.0. The van der Waals surface area contributed by atoms with Crippen molar-refractivity contribution in [1.82, 2.24) is 29.2 Å². The Morgan fingerprint density at radius 2 is 1.85 bits per heavy atom. The maximum atomic E-state index is 14.6. The first-order chi connectivity index (χ1) is 23.1. The van der Waals surface area contributed by atoms with E-state index in [9.17, 15) is 14.7 Å². The van der Waals surface area contributed by atoms with E-state index in [-0.39, 0.29) is 18.1 Å². The third-order valence-corrected chi connectivity index (χ3v) is 11.1. The molecule has 2 aromatic heterocycles. The first-order valence-corrected chi connectivity index (χ1v) is 17.9. The van der Waals surface area contributed by atoms with Crippen LogP contribution in [0.4, 0.5) is 4.79 Å². The Hall–Kier alpha value is -3.47. The smallest absolute Gasteiger partial charge is 0.410 e. The number of likely N-dealkylation sites (tertiary alicyclic amines) is 1. The van der Waals surface area contributed by atoms with E-state index >= 15 is 0 Å². The number of carbonyl (C=O) groups excluding carboxylic acids is 2. The molecule has 2 saturated heterocycles. The van der Waals surface area contributed by atoms with Crippen molar-refractivity contribution in [3.8, 4) is 0 Å². The van der Waals surface area contributed by atoms with Crippen molar-refractivity contribution in [2.75, 3.05) is 32.7 Å². The summed E-state index contributed by atoms with van der Waals surface area (Å²) in [5.74, 6) is 0.280. The lowest BCUT2D eigenvalue weighted by molar-refractivity contribution is -0.141. The molecule has 1 aromatic carbocycles. The van der Waals surface area contributed by atoms with E-state index in [1.807, 2.05) is 49.6 Å². The lowest BCUT2D eigenvalue weighted by Crippen LogP contribution is -2.62. The summed E-state index contributed by atoms with van der Waals surface area (Å²) in [6.07, 6.45) is 11.1. The summed E-state index contributed by atoms with van der Waals surface area (Å²) in [5.41, 5.74) is 4.80. The average molecular weight is 675 g/mol. The molecule has 1 saturated carbocycles. The van der Waals surface area contributed by atoms with Crippen molar-refractivity contribution in [2.45, 2.75) is 95.5 Å². The number of piperidine rings is 1. The normalized spacial score (nSPS) is 27.9. The van der Waals surface area contributed by atoms with Crippen molar-refractivity contribution in [3.63, 3.8) is 0 Å². The van der Waals surface area contributed by atoms with Crippen LogP contribution in [0.3, 0.4) is 0 Å². The van der Waals surface area contributed by atoms with E-state index in [0.29, 0.717) is 69.3 Å². The van der Waals surface area contributed by atoms with Gasteiger partial charge in [0.1, 0.15) is 12.1 Å². The minimum Gasteiger partial charge on any atom is -0.446 e. The molecule has 0 spiro atoms. The first-order valence-electron chi connectivity index (χ1n) is 17.6. The number of pyridine rings is 1. The number of aliphatic hydroxyl groups is 1. The summed E-state index contributed by atoms with van der Waals surface area (Å²) in [6, 6.07) is 9.38. The van der Waals surface area contributed by atoms with Gasteiger partial charge in [0.25, 0.3) is 0 Å². The highest BCUT2D eigenvalue weighted by Crippen LogP contribution is 2.38. The van der Waals surface area contributed by atoms with Crippen LogP contribution < -0.4 is 0 Å². The topological polar surface area (TPSA) is 104 Å². The van der Waals surface area contributed by atoms with Crippen LogP contribution in [0.1, 0.15) is 79.6 Å². The summed E-state index contributed by atoms with van der Waals surface area (Å²) < 4.78 is 8.18. The molecule has 3 atom stereocenters. The molecule has 10 nitrogen and oxygen atoms in total. The molecule has 3 fully saturated rings. The number of aromatic nitrogens is 3. The van der Waals surface area contributed by atoms with Crippen molar-refractivity contribution in [1.29, 1.82) is 0 Å².